The van der Waals surface area contributed by atoms with Gasteiger partial charge in [0.15, 0.2) is 11.4 Å². The van der Waals surface area contributed by atoms with Crippen LogP contribution in [0.3, 0.4) is 0 Å². The molecule has 0 saturated heterocycles. The molecule has 0 N–H and O–H groups in total. The molecular formula is C53H34BF24NO. The molecule has 1 aromatic heterocycles. The number of benzene rings is 6. The van der Waals surface area contributed by atoms with Gasteiger partial charge in [-0.1, -0.05) is 84.9 Å². The predicted molar refractivity (Wildman–Crippen MR) is 244 cm³/mol. The Hall–Kier alpha value is -7.22. The number of hydrogen-bond donors (Lipinski definition) is 0. The van der Waals surface area contributed by atoms with Crippen LogP contribution >= 0.6 is 0 Å². The first-order chi connectivity index (χ1) is 36.2. The molecule has 0 bridgehead atoms. The molecule has 0 radical (unpaired) electrons. The number of carbonyl (C=O) groups is 1. The second-order valence-electron chi connectivity index (χ2n) is 18.4. The summed E-state index contributed by atoms with van der Waals surface area (Å²) in [4.78, 5) is 12.6. The number of pyridine rings is 1. The molecule has 0 fully saturated rings. The molecule has 0 aliphatic carbocycles. The lowest BCUT2D eigenvalue weighted by Crippen LogP contribution is -2.75. The molecular weight excluding hydrogens is 1130 g/mol. The number of aryl methyl sites for hydroxylation is 4. The van der Waals surface area contributed by atoms with E-state index in [9.17, 15) is 110 Å². The van der Waals surface area contributed by atoms with Crippen molar-refractivity contribution in [1.82, 2.24) is 0 Å². The monoisotopic (exact) mass is 1170 g/mol. The van der Waals surface area contributed by atoms with E-state index in [2.05, 4.69) is 50.5 Å². The van der Waals surface area contributed by atoms with Crippen molar-refractivity contribution in [3.63, 3.8) is 0 Å². The molecule has 0 amide bonds. The molecule has 1 heterocycles. The largest absolute Gasteiger partial charge is 0.416 e. The van der Waals surface area contributed by atoms with Gasteiger partial charge in [0.05, 0.1) is 44.5 Å². The zero-order valence-corrected chi connectivity index (χ0v) is 40.8. The summed E-state index contributed by atoms with van der Waals surface area (Å²) in [6.07, 6.45) is -54.8. The number of Topliss-reactive ketones (excluding diaryl/α,β-unsaturated/α-hetero) is 1. The highest BCUT2D eigenvalue weighted by molar-refractivity contribution is 7.20. The minimum absolute atomic E-state index is 0.144. The fraction of sp³-hybridized carbons (Fsp3) is 0.245. The van der Waals surface area contributed by atoms with Gasteiger partial charge in [-0.3, -0.25) is 4.79 Å². The highest BCUT2D eigenvalue weighted by atomic mass is 19.4. The number of aromatic nitrogens is 1. The number of fused-ring (bicyclic) bond motifs is 1. The smallest absolute Gasteiger partial charge is 0.287 e. The number of nitrogens with zero attached hydrogens (tertiary/aromatic N) is 1. The lowest BCUT2D eigenvalue weighted by atomic mass is 9.12. The van der Waals surface area contributed by atoms with Crippen LogP contribution in [0.2, 0.25) is 0 Å². The number of ketones is 1. The van der Waals surface area contributed by atoms with Gasteiger partial charge in [-0.2, -0.15) is 132 Å². The summed E-state index contributed by atoms with van der Waals surface area (Å²) in [5.41, 5.74) is -24.6. The summed E-state index contributed by atoms with van der Waals surface area (Å²) in [6.45, 7) is 8.86. The van der Waals surface area contributed by atoms with Crippen LogP contribution in [-0.4, -0.2) is 11.9 Å². The van der Waals surface area contributed by atoms with Gasteiger partial charge in [0.25, 0.3) is 0 Å². The second-order valence-corrected chi connectivity index (χ2v) is 18.4. The van der Waals surface area contributed by atoms with Gasteiger partial charge >= 0.3 is 49.4 Å². The summed E-state index contributed by atoms with van der Waals surface area (Å²) in [6, 6.07) is 7.21. The summed E-state index contributed by atoms with van der Waals surface area (Å²) in [5.74, 6) is 0.144. The Bertz CT molecular complexity index is 3030. The lowest BCUT2D eigenvalue weighted by Gasteiger charge is -2.46. The summed E-state index contributed by atoms with van der Waals surface area (Å²) < 4.78 is 343. The van der Waals surface area contributed by atoms with Crippen LogP contribution in [0.5, 0.6) is 0 Å². The first kappa shape index (κ1) is 62.0. The SMILES string of the molecule is Cc1ccc2c(C)[n+](CC(=O)c3ccccc3)c(C)cc2c1C.FC(F)(F)c1cc([B-](c2cc(C(F)(F)F)cc(C(F)(F)F)c2)(c2cc(C(F)(F)F)cc(C(F)(F)F)c2)c2cc(C(F)(F)F)cc(C(F)(F)F)c2)cc(C(F)(F)F)c1. The molecule has 0 aliphatic heterocycles. The van der Waals surface area contributed by atoms with E-state index < -0.39 is 195 Å². The van der Waals surface area contributed by atoms with Crippen molar-refractivity contribution in [3.8, 4) is 0 Å². The van der Waals surface area contributed by atoms with Crippen molar-refractivity contribution in [2.24, 2.45) is 0 Å². The Morgan fingerprint density at radius 3 is 0.900 bits per heavy atom. The van der Waals surface area contributed by atoms with Gasteiger partial charge in [-0.05, 0) is 60.7 Å². The molecule has 2 nitrogen and oxygen atoms in total. The van der Waals surface area contributed by atoms with E-state index in [1.54, 1.807) is 0 Å². The number of carbonyl (C=O) groups excluding carboxylic acids is 1. The maximum absolute atomic E-state index is 14.2. The van der Waals surface area contributed by atoms with E-state index in [1.807, 2.05) is 30.3 Å². The average Bonchev–Trinajstić information content (AvgIpc) is 3.48. The highest BCUT2D eigenvalue weighted by Gasteiger charge is 2.47. The Morgan fingerprint density at radius 1 is 0.362 bits per heavy atom. The maximum Gasteiger partial charge on any atom is 0.416 e. The fourth-order valence-electron chi connectivity index (χ4n) is 9.21. The minimum Gasteiger partial charge on any atom is -0.287 e. The molecule has 80 heavy (non-hydrogen) atoms. The van der Waals surface area contributed by atoms with Gasteiger partial charge in [-0.15, -0.1) is 0 Å². The zero-order chi connectivity index (χ0) is 60.5. The van der Waals surface area contributed by atoms with Gasteiger partial charge in [0, 0.05) is 30.9 Å². The zero-order valence-electron chi connectivity index (χ0n) is 40.8. The van der Waals surface area contributed by atoms with Gasteiger partial charge < -0.3 is 0 Å². The Kier molecular flexibility index (Phi) is 16.3. The Balaban J connectivity index is 0.000000370. The summed E-state index contributed by atoms with van der Waals surface area (Å²) >= 11 is 0. The van der Waals surface area contributed by atoms with Crippen molar-refractivity contribution in [2.75, 3.05) is 0 Å². The third-order valence-corrected chi connectivity index (χ3v) is 13.2. The first-order valence-electron chi connectivity index (χ1n) is 22.6. The highest BCUT2D eigenvalue weighted by Crippen LogP contribution is 2.41. The van der Waals surface area contributed by atoms with E-state index in [0.29, 0.717) is 6.54 Å². The van der Waals surface area contributed by atoms with E-state index in [1.165, 1.54) is 21.9 Å². The van der Waals surface area contributed by atoms with Gasteiger partial charge in [-0.25, -0.2) is 0 Å². The predicted octanol–water partition coefficient (Wildman–Crippen LogP) is 15.5. The fourth-order valence-corrected chi connectivity index (χ4v) is 9.21. The van der Waals surface area contributed by atoms with Crippen molar-refractivity contribution in [1.29, 1.82) is 0 Å². The Morgan fingerprint density at radius 2 is 0.637 bits per heavy atom. The van der Waals surface area contributed by atoms with Crippen LogP contribution in [0, 0.1) is 27.7 Å². The molecule has 7 rings (SSSR count). The Labute approximate surface area is 436 Å². The van der Waals surface area contributed by atoms with Crippen molar-refractivity contribution in [2.45, 2.75) is 83.7 Å². The van der Waals surface area contributed by atoms with E-state index >= 15 is 0 Å². The minimum atomic E-state index is -6.13. The molecule has 0 atom stereocenters. The molecule has 0 aliphatic rings. The number of rotatable bonds is 7. The number of hydrogen-bond acceptors (Lipinski definition) is 1. The van der Waals surface area contributed by atoms with Gasteiger partial charge in [0.2, 0.25) is 12.3 Å². The normalized spacial score (nSPS) is 13.3. The standard InChI is InChI=1S/C32H12BF24.C21H22NO/c34-25(35,36)13-1-14(26(37,38)39)6-21(5-13)33(22-7-15(27(40,41)42)2-16(8-22)28(43,44)45,23-9-17(29(46,47)48)3-18(10-23)30(49,50)51)24-11-19(31(52,53)54)4-20(12-24)32(55,56)57;1-14-10-11-19-17(4)22(15(2)12-20(19)16(14)3)13-21(23)18-8-6-5-7-9-18/h1-12H;5-12H,13H2,1-4H3/q-1;+1. The van der Waals surface area contributed by atoms with Gasteiger partial charge in [0.1, 0.15) is 6.15 Å². The molecule has 0 unspecified atom stereocenters. The van der Waals surface area contributed by atoms with Crippen molar-refractivity contribution >= 4 is 44.6 Å². The van der Waals surface area contributed by atoms with E-state index in [0.717, 1.165) is 17.0 Å². The molecule has 428 valence electrons. The first-order valence-corrected chi connectivity index (χ1v) is 22.6. The topological polar surface area (TPSA) is 20.9 Å². The van der Waals surface area contributed by atoms with Crippen LogP contribution in [0.1, 0.15) is 77.4 Å². The van der Waals surface area contributed by atoms with Crippen LogP contribution in [-0.2, 0) is 56.0 Å². The molecule has 6 aromatic carbocycles. The number of halogens is 24. The molecule has 7 aromatic rings. The maximum atomic E-state index is 14.2. The van der Waals surface area contributed by atoms with Crippen molar-refractivity contribution in [3.05, 3.63) is 194 Å². The molecule has 0 saturated carbocycles. The van der Waals surface area contributed by atoms with Crippen LogP contribution < -0.4 is 26.4 Å². The lowest BCUT2D eigenvalue weighted by molar-refractivity contribution is -0.693. The van der Waals surface area contributed by atoms with E-state index in [4.69, 9.17) is 0 Å². The molecule has 0 spiro atoms. The third-order valence-electron chi connectivity index (χ3n) is 13.2. The van der Waals surface area contributed by atoms with Crippen molar-refractivity contribution < 1.29 is 115 Å². The van der Waals surface area contributed by atoms with Crippen LogP contribution in [0.25, 0.3) is 10.8 Å². The average molecular weight is 1170 g/mol. The van der Waals surface area contributed by atoms with E-state index in [-0.39, 0.29) is 5.78 Å². The van der Waals surface area contributed by atoms with Crippen LogP contribution in [0.15, 0.2) is 121 Å². The third kappa shape index (κ3) is 13.2. The quantitative estimate of drug-likeness (QED) is 0.0674. The van der Waals surface area contributed by atoms with Crippen LogP contribution in [0.4, 0.5) is 105 Å². The number of alkyl halides is 24. The summed E-state index contributed by atoms with van der Waals surface area (Å²) in [5, 5.41) is 2.50. The molecule has 27 heteroatoms. The summed E-state index contributed by atoms with van der Waals surface area (Å²) in [7, 11) is 0. The second kappa shape index (κ2) is 21.0.